The molecule has 0 spiro atoms. The molecule has 2 N–H and O–H groups in total. The number of benzene rings is 2. The van der Waals surface area contributed by atoms with Gasteiger partial charge in [-0.3, -0.25) is 20.2 Å². The minimum absolute atomic E-state index is 0.00370. The first-order chi connectivity index (χ1) is 11.4. The fourth-order valence-electron chi connectivity index (χ4n) is 1.76. The molecule has 0 saturated carbocycles. The number of nitrogens with one attached hydrogen (secondary N) is 2. The lowest BCUT2D eigenvalue weighted by Gasteiger charge is -2.08. The third-order valence-corrected chi connectivity index (χ3v) is 3.55. The van der Waals surface area contributed by atoms with Gasteiger partial charge < -0.3 is 5.32 Å². The summed E-state index contributed by atoms with van der Waals surface area (Å²) in [6.45, 7) is 0. The molecule has 2 rings (SSSR count). The predicted molar refractivity (Wildman–Crippen MR) is 101 cm³/mol. The molecule has 0 heterocycles. The van der Waals surface area contributed by atoms with Crippen LogP contribution >= 0.6 is 28.1 Å². The van der Waals surface area contributed by atoms with E-state index in [1.54, 1.807) is 18.2 Å². The molecule has 2 aromatic carbocycles. The molecule has 0 aromatic heterocycles. The van der Waals surface area contributed by atoms with Gasteiger partial charge in [0.2, 0.25) is 5.91 Å². The molecular weight excluding hydrogens is 394 g/mol. The lowest BCUT2D eigenvalue weighted by atomic mass is 10.2. The molecule has 24 heavy (non-hydrogen) atoms. The number of carbonyl (C=O) groups excluding carboxylic acids is 1. The van der Waals surface area contributed by atoms with Crippen molar-refractivity contribution in [1.29, 1.82) is 0 Å². The molecule has 1 amide bonds. The van der Waals surface area contributed by atoms with Crippen molar-refractivity contribution in [2.45, 2.75) is 0 Å². The number of anilines is 1. The summed E-state index contributed by atoms with van der Waals surface area (Å²) in [5.74, 6) is -0.402. The normalized spacial score (nSPS) is 10.4. The van der Waals surface area contributed by atoms with Crippen LogP contribution in [0.4, 0.5) is 11.4 Å². The van der Waals surface area contributed by atoms with Crippen LogP contribution in [0.3, 0.4) is 0 Å². The lowest BCUT2D eigenvalue weighted by Crippen LogP contribution is -2.32. The summed E-state index contributed by atoms with van der Waals surface area (Å²) in [7, 11) is 0. The number of rotatable bonds is 4. The van der Waals surface area contributed by atoms with Crippen LogP contribution in [0.15, 0.2) is 59.1 Å². The van der Waals surface area contributed by atoms with Crippen molar-refractivity contribution in [3.05, 3.63) is 74.8 Å². The summed E-state index contributed by atoms with van der Waals surface area (Å²) in [5, 5.41) is 16.2. The average molecular weight is 406 g/mol. The molecule has 0 unspecified atom stereocenters. The van der Waals surface area contributed by atoms with E-state index >= 15 is 0 Å². The number of non-ortho nitro benzene ring substituents is 1. The van der Waals surface area contributed by atoms with E-state index in [1.807, 2.05) is 24.3 Å². The average Bonchev–Trinajstić information content (AvgIpc) is 2.53. The number of amides is 1. The van der Waals surface area contributed by atoms with Crippen LogP contribution in [0.25, 0.3) is 6.08 Å². The maximum absolute atomic E-state index is 11.8. The zero-order valence-corrected chi connectivity index (χ0v) is 14.6. The SMILES string of the molecule is O=C(/C=C/c1ccc([N+](=O)[O-])cc1)NC(=S)Nc1cccc(Br)c1. The number of carbonyl (C=O) groups is 1. The zero-order chi connectivity index (χ0) is 17.5. The van der Waals surface area contributed by atoms with Crippen molar-refractivity contribution in [3.8, 4) is 0 Å². The number of nitrogens with zero attached hydrogens (tertiary/aromatic N) is 1. The van der Waals surface area contributed by atoms with Crippen LogP contribution in [-0.4, -0.2) is 15.9 Å². The number of hydrogen-bond donors (Lipinski definition) is 2. The van der Waals surface area contributed by atoms with Crippen molar-refractivity contribution in [1.82, 2.24) is 5.32 Å². The van der Waals surface area contributed by atoms with Gasteiger partial charge in [-0.1, -0.05) is 22.0 Å². The third kappa shape index (κ3) is 5.56. The van der Waals surface area contributed by atoms with E-state index in [1.165, 1.54) is 18.2 Å². The van der Waals surface area contributed by atoms with E-state index < -0.39 is 10.8 Å². The molecule has 0 radical (unpaired) electrons. The Labute approximate surface area is 151 Å². The summed E-state index contributed by atoms with van der Waals surface area (Å²) in [5.41, 5.74) is 1.41. The molecule has 6 nitrogen and oxygen atoms in total. The topological polar surface area (TPSA) is 84.3 Å². The van der Waals surface area contributed by atoms with Crippen LogP contribution in [-0.2, 0) is 4.79 Å². The summed E-state index contributed by atoms with van der Waals surface area (Å²) < 4.78 is 0.889. The van der Waals surface area contributed by atoms with Crippen LogP contribution in [0.1, 0.15) is 5.56 Å². The Kier molecular flexibility index (Phi) is 6.16. The minimum Gasteiger partial charge on any atom is -0.332 e. The van der Waals surface area contributed by atoms with Gasteiger partial charge in [0.25, 0.3) is 5.69 Å². The second kappa shape index (κ2) is 8.32. The summed E-state index contributed by atoms with van der Waals surface area (Å²) in [6, 6.07) is 13.2. The summed E-state index contributed by atoms with van der Waals surface area (Å²) in [6.07, 6.45) is 2.84. The number of thiocarbonyl (C=S) groups is 1. The van der Waals surface area contributed by atoms with Gasteiger partial charge in [-0.05, 0) is 54.2 Å². The van der Waals surface area contributed by atoms with Gasteiger partial charge >= 0.3 is 0 Å². The van der Waals surface area contributed by atoms with E-state index in [-0.39, 0.29) is 10.8 Å². The molecular formula is C16H12BrN3O3S. The van der Waals surface area contributed by atoms with E-state index in [0.29, 0.717) is 5.56 Å². The van der Waals surface area contributed by atoms with Crippen molar-refractivity contribution in [2.24, 2.45) is 0 Å². The van der Waals surface area contributed by atoms with E-state index in [9.17, 15) is 14.9 Å². The molecule has 0 saturated heterocycles. The Hall–Kier alpha value is -2.58. The van der Waals surface area contributed by atoms with Crippen LogP contribution < -0.4 is 10.6 Å². The summed E-state index contributed by atoms with van der Waals surface area (Å²) >= 11 is 8.41. The smallest absolute Gasteiger partial charge is 0.269 e. The largest absolute Gasteiger partial charge is 0.332 e. The Bertz CT molecular complexity index is 806. The highest BCUT2D eigenvalue weighted by Gasteiger charge is 2.04. The first kappa shape index (κ1) is 17.8. The molecule has 8 heteroatoms. The minimum atomic E-state index is -0.480. The van der Waals surface area contributed by atoms with Crippen molar-refractivity contribution >= 4 is 56.6 Å². The van der Waals surface area contributed by atoms with Gasteiger partial charge in [0.05, 0.1) is 4.92 Å². The second-order valence-corrected chi connectivity index (χ2v) is 5.96. The monoisotopic (exact) mass is 405 g/mol. The van der Waals surface area contributed by atoms with E-state index in [4.69, 9.17) is 12.2 Å². The Morgan fingerprint density at radius 2 is 1.92 bits per heavy atom. The standard InChI is InChI=1S/C16H12BrN3O3S/c17-12-2-1-3-13(10-12)18-16(24)19-15(21)9-6-11-4-7-14(8-5-11)20(22)23/h1-10H,(H2,18,19,21,24)/b9-6+. The Balaban J connectivity index is 1.90. The van der Waals surface area contributed by atoms with Crippen LogP contribution in [0, 0.1) is 10.1 Å². The molecule has 0 aliphatic heterocycles. The third-order valence-electron chi connectivity index (χ3n) is 2.85. The first-order valence-electron chi connectivity index (χ1n) is 6.74. The highest BCUT2D eigenvalue weighted by molar-refractivity contribution is 9.10. The van der Waals surface area contributed by atoms with E-state index in [2.05, 4.69) is 26.6 Å². The van der Waals surface area contributed by atoms with Crippen molar-refractivity contribution in [3.63, 3.8) is 0 Å². The maximum atomic E-state index is 11.8. The molecule has 2 aromatic rings. The number of nitro groups is 1. The van der Waals surface area contributed by atoms with Gasteiger partial charge in [0, 0.05) is 28.4 Å². The molecule has 0 bridgehead atoms. The number of hydrogen-bond acceptors (Lipinski definition) is 4. The zero-order valence-electron chi connectivity index (χ0n) is 12.2. The fourth-order valence-corrected chi connectivity index (χ4v) is 2.38. The molecule has 0 atom stereocenters. The lowest BCUT2D eigenvalue weighted by molar-refractivity contribution is -0.384. The Morgan fingerprint density at radius 1 is 1.21 bits per heavy atom. The highest BCUT2D eigenvalue weighted by atomic mass is 79.9. The highest BCUT2D eigenvalue weighted by Crippen LogP contribution is 2.15. The van der Waals surface area contributed by atoms with Crippen LogP contribution in [0.5, 0.6) is 0 Å². The van der Waals surface area contributed by atoms with Gasteiger partial charge in [-0.25, -0.2) is 0 Å². The molecule has 0 aliphatic carbocycles. The van der Waals surface area contributed by atoms with Gasteiger partial charge in [0.15, 0.2) is 5.11 Å². The summed E-state index contributed by atoms with van der Waals surface area (Å²) in [4.78, 5) is 21.9. The second-order valence-electron chi connectivity index (χ2n) is 4.64. The van der Waals surface area contributed by atoms with Gasteiger partial charge in [-0.15, -0.1) is 0 Å². The number of nitro benzene ring substituents is 1. The van der Waals surface area contributed by atoms with Gasteiger partial charge in [0.1, 0.15) is 0 Å². The molecule has 0 fully saturated rings. The quantitative estimate of drug-likeness (QED) is 0.349. The maximum Gasteiger partial charge on any atom is 0.269 e. The fraction of sp³-hybridized carbons (Fsp3) is 0. The Morgan fingerprint density at radius 3 is 2.54 bits per heavy atom. The first-order valence-corrected chi connectivity index (χ1v) is 7.94. The van der Waals surface area contributed by atoms with Crippen molar-refractivity contribution < 1.29 is 9.72 Å². The molecule has 0 aliphatic rings. The number of halogens is 1. The predicted octanol–water partition coefficient (Wildman–Crippen LogP) is 3.88. The van der Waals surface area contributed by atoms with E-state index in [0.717, 1.165) is 10.2 Å². The van der Waals surface area contributed by atoms with Crippen LogP contribution in [0.2, 0.25) is 0 Å². The van der Waals surface area contributed by atoms with Crippen molar-refractivity contribution in [2.75, 3.05) is 5.32 Å². The van der Waals surface area contributed by atoms with Gasteiger partial charge in [-0.2, -0.15) is 0 Å². The molecule has 122 valence electrons.